The summed E-state index contributed by atoms with van der Waals surface area (Å²) in [6, 6.07) is 3.61. The van der Waals surface area contributed by atoms with Crippen LogP contribution in [0.5, 0.6) is 5.75 Å². The van der Waals surface area contributed by atoms with Gasteiger partial charge in [-0.1, -0.05) is 30.1 Å². The molecule has 0 bridgehead atoms. The lowest BCUT2D eigenvalue weighted by molar-refractivity contribution is 0.358. The van der Waals surface area contributed by atoms with Crippen LogP contribution in [0.25, 0.3) is 0 Å². The van der Waals surface area contributed by atoms with Crippen molar-refractivity contribution in [2.75, 3.05) is 7.11 Å². The molecule has 0 radical (unpaired) electrons. The van der Waals surface area contributed by atoms with Crippen LogP contribution in [0.2, 0.25) is 10.0 Å². The minimum Gasteiger partial charge on any atom is -0.495 e. The minimum atomic E-state index is 0.391. The standard InChI is InChI=1S/C13H16Cl2O2/c1-3-11-12(17-11)5-4-8-6-9(14)7-10(15)13(8)16-2/h6-7,11-12H,3-5H2,1-2H3. The zero-order valence-electron chi connectivity index (χ0n) is 10.0. The normalized spacial score (nSPS) is 22.6. The second-order valence-electron chi connectivity index (χ2n) is 4.24. The minimum absolute atomic E-state index is 0.391. The van der Waals surface area contributed by atoms with E-state index in [1.54, 1.807) is 13.2 Å². The Hall–Kier alpha value is -0.440. The summed E-state index contributed by atoms with van der Waals surface area (Å²) in [5.41, 5.74) is 1.05. The quantitative estimate of drug-likeness (QED) is 0.754. The van der Waals surface area contributed by atoms with Gasteiger partial charge >= 0.3 is 0 Å². The second kappa shape index (κ2) is 5.47. The first-order valence-electron chi connectivity index (χ1n) is 5.83. The highest BCUT2D eigenvalue weighted by molar-refractivity contribution is 6.35. The summed E-state index contributed by atoms with van der Waals surface area (Å²) >= 11 is 12.1. The maximum Gasteiger partial charge on any atom is 0.140 e. The van der Waals surface area contributed by atoms with Gasteiger partial charge in [0.05, 0.1) is 24.3 Å². The molecule has 1 aliphatic rings. The molecular weight excluding hydrogens is 259 g/mol. The van der Waals surface area contributed by atoms with Crippen molar-refractivity contribution in [3.8, 4) is 5.75 Å². The molecule has 0 amide bonds. The molecule has 4 heteroatoms. The summed E-state index contributed by atoms with van der Waals surface area (Å²) < 4.78 is 10.8. The van der Waals surface area contributed by atoms with Crippen LogP contribution >= 0.6 is 23.2 Å². The molecule has 2 atom stereocenters. The largest absolute Gasteiger partial charge is 0.495 e. The van der Waals surface area contributed by atoms with Crippen LogP contribution in [0.4, 0.5) is 0 Å². The van der Waals surface area contributed by atoms with Gasteiger partial charge in [0.25, 0.3) is 0 Å². The molecular formula is C13H16Cl2O2. The van der Waals surface area contributed by atoms with Gasteiger partial charge in [0.2, 0.25) is 0 Å². The van der Waals surface area contributed by atoms with Crippen molar-refractivity contribution in [2.45, 2.75) is 38.4 Å². The summed E-state index contributed by atoms with van der Waals surface area (Å²) in [7, 11) is 1.63. The van der Waals surface area contributed by atoms with Crippen LogP contribution < -0.4 is 4.74 Å². The average molecular weight is 275 g/mol. The van der Waals surface area contributed by atoms with Gasteiger partial charge in [-0.2, -0.15) is 0 Å². The fourth-order valence-electron chi connectivity index (χ4n) is 2.12. The van der Waals surface area contributed by atoms with Gasteiger partial charge in [-0.3, -0.25) is 0 Å². The lowest BCUT2D eigenvalue weighted by atomic mass is 10.1. The number of halogens is 2. The molecule has 1 heterocycles. The number of aryl methyl sites for hydroxylation is 1. The molecule has 0 N–H and O–H groups in total. The number of benzene rings is 1. The third kappa shape index (κ3) is 3.06. The predicted molar refractivity (Wildman–Crippen MR) is 70.3 cm³/mol. The number of epoxide rings is 1. The van der Waals surface area contributed by atoms with E-state index < -0.39 is 0 Å². The highest BCUT2D eigenvalue weighted by Crippen LogP contribution is 2.35. The summed E-state index contributed by atoms with van der Waals surface area (Å²) in [5, 5.41) is 1.22. The molecule has 17 heavy (non-hydrogen) atoms. The number of hydrogen-bond acceptors (Lipinski definition) is 2. The van der Waals surface area contributed by atoms with Crippen LogP contribution in [0, 0.1) is 0 Å². The van der Waals surface area contributed by atoms with Crippen molar-refractivity contribution >= 4 is 23.2 Å². The number of hydrogen-bond donors (Lipinski definition) is 0. The highest BCUT2D eigenvalue weighted by atomic mass is 35.5. The fourth-order valence-corrected chi connectivity index (χ4v) is 2.73. The lowest BCUT2D eigenvalue weighted by Crippen LogP contribution is -1.98. The van der Waals surface area contributed by atoms with Gasteiger partial charge in [-0.05, 0) is 37.0 Å². The van der Waals surface area contributed by atoms with Crippen molar-refractivity contribution in [1.29, 1.82) is 0 Å². The van der Waals surface area contributed by atoms with Crippen molar-refractivity contribution in [3.05, 3.63) is 27.7 Å². The first-order chi connectivity index (χ1) is 8.15. The lowest BCUT2D eigenvalue weighted by Gasteiger charge is -2.10. The van der Waals surface area contributed by atoms with Crippen molar-refractivity contribution in [1.82, 2.24) is 0 Å². The molecule has 94 valence electrons. The number of rotatable bonds is 5. The molecule has 1 fully saturated rings. The van der Waals surface area contributed by atoms with Crippen LogP contribution in [-0.2, 0) is 11.2 Å². The molecule has 1 aromatic rings. The topological polar surface area (TPSA) is 21.8 Å². The van der Waals surface area contributed by atoms with E-state index in [0.717, 1.165) is 30.6 Å². The van der Waals surface area contributed by atoms with E-state index in [9.17, 15) is 0 Å². The van der Waals surface area contributed by atoms with Gasteiger partial charge in [0, 0.05) is 5.02 Å². The van der Waals surface area contributed by atoms with E-state index in [2.05, 4.69) is 6.92 Å². The third-order valence-corrected chi connectivity index (χ3v) is 3.58. The van der Waals surface area contributed by atoms with Crippen LogP contribution in [0.15, 0.2) is 12.1 Å². The summed E-state index contributed by atoms with van der Waals surface area (Å²) in [4.78, 5) is 0. The van der Waals surface area contributed by atoms with E-state index >= 15 is 0 Å². The SMILES string of the molecule is CCC1OC1CCc1cc(Cl)cc(Cl)c1OC. The van der Waals surface area contributed by atoms with E-state index in [1.165, 1.54) is 0 Å². The Bertz CT molecular complexity index is 407. The molecule has 0 aliphatic carbocycles. The van der Waals surface area contributed by atoms with Gasteiger partial charge < -0.3 is 9.47 Å². The predicted octanol–water partition coefficient (Wildman–Crippen LogP) is 4.11. The molecule has 2 unspecified atom stereocenters. The smallest absolute Gasteiger partial charge is 0.140 e. The Morgan fingerprint density at radius 2 is 2.06 bits per heavy atom. The monoisotopic (exact) mass is 274 g/mol. The molecule has 1 aromatic carbocycles. The Balaban J connectivity index is 2.04. The average Bonchev–Trinajstić information content (AvgIpc) is 3.04. The molecule has 1 saturated heterocycles. The molecule has 2 rings (SSSR count). The maximum atomic E-state index is 6.08. The summed E-state index contributed by atoms with van der Waals surface area (Å²) in [6.45, 7) is 2.14. The fraction of sp³-hybridized carbons (Fsp3) is 0.538. The molecule has 0 spiro atoms. The number of methoxy groups -OCH3 is 1. The third-order valence-electron chi connectivity index (χ3n) is 3.08. The highest BCUT2D eigenvalue weighted by Gasteiger charge is 2.36. The van der Waals surface area contributed by atoms with Crippen LogP contribution in [-0.4, -0.2) is 19.3 Å². The van der Waals surface area contributed by atoms with Gasteiger partial charge in [0.1, 0.15) is 5.75 Å². The van der Waals surface area contributed by atoms with E-state index in [4.69, 9.17) is 32.7 Å². The zero-order valence-corrected chi connectivity index (χ0v) is 11.5. The number of ether oxygens (including phenoxy) is 2. The first-order valence-corrected chi connectivity index (χ1v) is 6.58. The Labute approximate surface area is 112 Å². The van der Waals surface area contributed by atoms with E-state index in [-0.39, 0.29) is 0 Å². The molecule has 2 nitrogen and oxygen atoms in total. The Kier molecular flexibility index (Phi) is 4.18. The van der Waals surface area contributed by atoms with Gasteiger partial charge in [-0.25, -0.2) is 0 Å². The summed E-state index contributed by atoms with van der Waals surface area (Å²) in [6.07, 6.45) is 3.78. The Morgan fingerprint density at radius 3 is 2.65 bits per heavy atom. The van der Waals surface area contributed by atoms with Crippen molar-refractivity contribution in [3.63, 3.8) is 0 Å². The van der Waals surface area contributed by atoms with Gasteiger partial charge in [-0.15, -0.1) is 0 Å². The molecule has 1 aliphatic heterocycles. The van der Waals surface area contributed by atoms with E-state index in [1.807, 2.05) is 6.07 Å². The second-order valence-corrected chi connectivity index (χ2v) is 5.08. The zero-order chi connectivity index (χ0) is 12.4. The summed E-state index contributed by atoms with van der Waals surface area (Å²) in [5.74, 6) is 0.727. The molecule has 0 aromatic heterocycles. The van der Waals surface area contributed by atoms with Crippen LogP contribution in [0.3, 0.4) is 0 Å². The van der Waals surface area contributed by atoms with Gasteiger partial charge in [0.15, 0.2) is 0 Å². The maximum absolute atomic E-state index is 6.08. The van der Waals surface area contributed by atoms with E-state index in [0.29, 0.717) is 22.3 Å². The first kappa shape index (κ1) is 13.0. The Morgan fingerprint density at radius 1 is 1.29 bits per heavy atom. The van der Waals surface area contributed by atoms with Crippen molar-refractivity contribution < 1.29 is 9.47 Å². The van der Waals surface area contributed by atoms with Crippen molar-refractivity contribution in [2.24, 2.45) is 0 Å². The molecule has 0 saturated carbocycles. The van der Waals surface area contributed by atoms with Crippen LogP contribution in [0.1, 0.15) is 25.3 Å².